The molecule has 2 aromatic carbocycles. The molecule has 5 nitrogen and oxygen atoms in total. The number of rotatable bonds is 2. The van der Waals surface area contributed by atoms with Gasteiger partial charge in [0.2, 0.25) is 0 Å². The normalized spacial score (nSPS) is 20.1. The van der Waals surface area contributed by atoms with E-state index in [-0.39, 0.29) is 11.1 Å². The van der Waals surface area contributed by atoms with Gasteiger partial charge in [0.05, 0.1) is 5.56 Å². The zero-order valence-electron chi connectivity index (χ0n) is 10.4. The zero-order valence-corrected chi connectivity index (χ0v) is 10.4. The van der Waals surface area contributed by atoms with Crippen molar-refractivity contribution < 1.29 is 19.4 Å². The highest BCUT2D eigenvalue weighted by atomic mass is 16.7. The lowest BCUT2D eigenvalue weighted by Gasteiger charge is -2.21. The number of cyclic esters (lactones) is 1. The number of carbonyl (C=O) groups is 2. The van der Waals surface area contributed by atoms with Gasteiger partial charge in [-0.1, -0.05) is 36.4 Å². The smallest absolute Gasteiger partial charge is 0.341 e. The van der Waals surface area contributed by atoms with Gasteiger partial charge in [-0.05, 0) is 18.2 Å². The molecule has 20 heavy (non-hydrogen) atoms. The Morgan fingerprint density at radius 3 is 2.45 bits per heavy atom. The monoisotopic (exact) mass is 269 g/mol. The molecule has 1 atom stereocenters. The molecule has 0 spiro atoms. The van der Waals surface area contributed by atoms with Gasteiger partial charge in [0.25, 0.3) is 0 Å². The molecule has 2 aromatic rings. The third-order valence-electron chi connectivity index (χ3n) is 3.09. The van der Waals surface area contributed by atoms with E-state index in [0.717, 1.165) is 0 Å². The summed E-state index contributed by atoms with van der Waals surface area (Å²) in [4.78, 5) is 23.9. The molecule has 1 unspecified atom stereocenters. The second-order valence-corrected chi connectivity index (χ2v) is 4.40. The van der Waals surface area contributed by atoms with Gasteiger partial charge in [-0.2, -0.15) is 0 Å². The number of esters is 1. The maximum Gasteiger partial charge on any atom is 0.341 e. The van der Waals surface area contributed by atoms with Crippen LogP contribution in [0.1, 0.15) is 15.9 Å². The molecule has 1 aliphatic heterocycles. The molecular formula is C15H11NO4. The largest absolute Gasteiger partial charge is 0.415 e. The van der Waals surface area contributed by atoms with Crippen molar-refractivity contribution in [2.75, 3.05) is 5.32 Å². The average Bonchev–Trinajstić information content (AvgIpc) is 2.74. The number of nitrogens with one attached hydrogen (secondary N) is 1. The summed E-state index contributed by atoms with van der Waals surface area (Å²) < 4.78 is 4.86. The van der Waals surface area contributed by atoms with Gasteiger partial charge >= 0.3 is 17.7 Å². The number of hydrogen-bond donors (Lipinski definition) is 2. The zero-order chi connectivity index (χ0) is 14.2. The van der Waals surface area contributed by atoms with Crippen molar-refractivity contribution in [3.05, 3.63) is 65.7 Å². The van der Waals surface area contributed by atoms with E-state index in [1.807, 2.05) is 0 Å². The molecule has 1 heterocycles. The van der Waals surface area contributed by atoms with Crippen LogP contribution in [0.5, 0.6) is 0 Å². The topological polar surface area (TPSA) is 75.6 Å². The third-order valence-corrected chi connectivity index (χ3v) is 3.09. The Hall–Kier alpha value is -2.66. The highest BCUT2D eigenvalue weighted by Crippen LogP contribution is 2.35. The summed E-state index contributed by atoms with van der Waals surface area (Å²) in [5.74, 6) is -3.81. The van der Waals surface area contributed by atoms with Crippen molar-refractivity contribution in [2.45, 2.75) is 5.79 Å². The quantitative estimate of drug-likeness (QED) is 0.813. The number of anilines is 1. The third kappa shape index (κ3) is 1.85. The lowest BCUT2D eigenvalue weighted by molar-refractivity contribution is -0.180. The maximum absolute atomic E-state index is 12.2. The van der Waals surface area contributed by atoms with Crippen LogP contribution in [0.3, 0.4) is 0 Å². The molecule has 3 rings (SSSR count). The fourth-order valence-electron chi connectivity index (χ4n) is 2.11. The lowest BCUT2D eigenvalue weighted by atomic mass is 10.0. The molecule has 0 radical (unpaired) electrons. The van der Waals surface area contributed by atoms with E-state index in [1.54, 1.807) is 42.5 Å². The number of carbonyl (C=O) groups excluding carboxylic acids is 2. The van der Waals surface area contributed by atoms with E-state index in [1.165, 1.54) is 12.1 Å². The lowest BCUT2D eigenvalue weighted by Crippen LogP contribution is -2.40. The molecule has 1 amide bonds. The fraction of sp³-hybridized carbons (Fsp3) is 0.0667. The van der Waals surface area contributed by atoms with Gasteiger partial charge in [-0.15, -0.1) is 0 Å². The van der Waals surface area contributed by atoms with Crippen LogP contribution >= 0.6 is 0 Å². The molecule has 2 N–H and O–H groups in total. The van der Waals surface area contributed by atoms with E-state index in [4.69, 9.17) is 4.74 Å². The van der Waals surface area contributed by atoms with Crippen LogP contribution < -0.4 is 5.32 Å². The summed E-state index contributed by atoms with van der Waals surface area (Å²) in [6, 6.07) is 14.9. The van der Waals surface area contributed by atoms with Crippen molar-refractivity contribution >= 4 is 17.6 Å². The summed E-state index contributed by atoms with van der Waals surface area (Å²) in [5, 5.41) is 12.9. The minimum atomic E-state index is -2.29. The Morgan fingerprint density at radius 1 is 1.05 bits per heavy atom. The first kappa shape index (κ1) is 12.4. The second kappa shape index (κ2) is 4.47. The summed E-state index contributed by atoms with van der Waals surface area (Å²) in [5.41, 5.74) is 0.850. The minimum absolute atomic E-state index is 0.151. The number of benzene rings is 2. The predicted molar refractivity (Wildman–Crippen MR) is 70.8 cm³/mol. The Kier molecular flexibility index (Phi) is 2.76. The van der Waals surface area contributed by atoms with E-state index < -0.39 is 17.7 Å². The highest BCUT2D eigenvalue weighted by molar-refractivity contribution is 6.05. The van der Waals surface area contributed by atoms with Crippen LogP contribution in [-0.2, 0) is 15.3 Å². The Morgan fingerprint density at radius 2 is 1.70 bits per heavy atom. The molecule has 0 saturated heterocycles. The molecule has 0 fully saturated rings. The first-order valence-corrected chi connectivity index (χ1v) is 6.03. The van der Waals surface area contributed by atoms with Gasteiger partial charge in [0, 0.05) is 11.3 Å². The van der Waals surface area contributed by atoms with Gasteiger partial charge in [-0.25, -0.2) is 4.79 Å². The van der Waals surface area contributed by atoms with Crippen LogP contribution in [0.2, 0.25) is 0 Å². The predicted octanol–water partition coefficient (Wildman–Crippen LogP) is 1.64. The summed E-state index contributed by atoms with van der Waals surface area (Å²) in [6.45, 7) is 0. The number of ether oxygens (including phenoxy) is 1. The van der Waals surface area contributed by atoms with Crippen LogP contribution in [0, 0.1) is 0 Å². The second-order valence-electron chi connectivity index (χ2n) is 4.40. The molecule has 0 bridgehead atoms. The van der Waals surface area contributed by atoms with E-state index >= 15 is 0 Å². The first-order chi connectivity index (χ1) is 9.61. The van der Waals surface area contributed by atoms with Crippen molar-refractivity contribution in [1.29, 1.82) is 0 Å². The number of aliphatic hydroxyl groups is 1. The number of para-hydroxylation sites is 1. The molecule has 100 valence electrons. The Bertz CT molecular complexity index is 683. The van der Waals surface area contributed by atoms with Crippen LogP contribution in [0.25, 0.3) is 0 Å². The maximum atomic E-state index is 12.2. The fourth-order valence-corrected chi connectivity index (χ4v) is 2.11. The molecule has 0 aliphatic carbocycles. The Labute approximate surface area is 114 Å². The number of fused-ring (bicyclic) bond motifs is 1. The van der Waals surface area contributed by atoms with Crippen LogP contribution in [-0.4, -0.2) is 17.0 Å². The van der Waals surface area contributed by atoms with E-state index in [9.17, 15) is 14.7 Å². The van der Waals surface area contributed by atoms with Gasteiger partial charge in [-0.3, -0.25) is 4.79 Å². The minimum Gasteiger partial charge on any atom is -0.415 e. The SMILES string of the molecule is O=C1OC(O)(C(=O)Nc2ccccc2)c2ccccc21. The standard InChI is InChI=1S/C15H11NO4/c17-13-11-8-4-5-9-12(11)15(19,20-13)14(18)16-10-6-2-1-3-7-10/h1-9,19H,(H,16,18). The van der Waals surface area contributed by atoms with Crippen molar-refractivity contribution in [1.82, 2.24) is 0 Å². The molecular weight excluding hydrogens is 258 g/mol. The summed E-state index contributed by atoms with van der Waals surface area (Å²) in [7, 11) is 0. The van der Waals surface area contributed by atoms with E-state index in [2.05, 4.69) is 5.32 Å². The van der Waals surface area contributed by atoms with Gasteiger partial charge in [0.1, 0.15) is 0 Å². The molecule has 0 aromatic heterocycles. The molecule has 5 heteroatoms. The summed E-state index contributed by atoms with van der Waals surface area (Å²) in [6.07, 6.45) is 0. The first-order valence-electron chi connectivity index (χ1n) is 6.03. The number of hydrogen-bond acceptors (Lipinski definition) is 4. The van der Waals surface area contributed by atoms with E-state index in [0.29, 0.717) is 5.69 Å². The molecule has 0 saturated carbocycles. The van der Waals surface area contributed by atoms with Crippen LogP contribution in [0.4, 0.5) is 5.69 Å². The Balaban J connectivity index is 1.94. The highest BCUT2D eigenvalue weighted by Gasteiger charge is 2.50. The van der Waals surface area contributed by atoms with Crippen molar-refractivity contribution in [3.8, 4) is 0 Å². The summed E-state index contributed by atoms with van der Waals surface area (Å²) >= 11 is 0. The molecule has 1 aliphatic rings. The number of amides is 1. The van der Waals surface area contributed by atoms with Gasteiger partial charge in [0.15, 0.2) is 0 Å². The van der Waals surface area contributed by atoms with Crippen molar-refractivity contribution in [2.24, 2.45) is 0 Å². The van der Waals surface area contributed by atoms with Gasteiger partial charge < -0.3 is 15.2 Å². The average molecular weight is 269 g/mol. The van der Waals surface area contributed by atoms with Crippen LogP contribution in [0.15, 0.2) is 54.6 Å². The van der Waals surface area contributed by atoms with Crippen molar-refractivity contribution in [3.63, 3.8) is 0 Å².